The number of nitrogens with one attached hydrogen (secondary N) is 6. The fourth-order valence-corrected chi connectivity index (χ4v) is 13.3. The molecule has 10 bridgehead atoms. The van der Waals surface area contributed by atoms with Gasteiger partial charge in [-0.15, -0.1) is 56.7 Å². The van der Waals surface area contributed by atoms with Crippen molar-refractivity contribution in [3.8, 4) is 43.4 Å². The SMILES string of the molecule is CNC(=O)C[C@@H]1NC(=O)c2csc(n2)-c2ccc(-c3nc(NC(=O)CCCCC(=O)OC)cs3)nc2-c2csc(n2)-c2csc(n2)C([C@@H](OC(C)=O)c2ccccc2)NC(=O)CNC(=O)c2nc(sc2COC)NC(=O)c2nc1sc2C. The van der Waals surface area contributed by atoms with Gasteiger partial charge in [0, 0.05) is 65.9 Å². The fourth-order valence-electron chi connectivity index (χ4n) is 8.14. The summed E-state index contributed by atoms with van der Waals surface area (Å²) in [6, 6.07) is 10.2. The number of fused-ring (bicyclic) bond motifs is 14. The number of rotatable bonds is 14. The quantitative estimate of drug-likeness (QED) is 0.0449. The number of ether oxygens (including phenoxy) is 3. The van der Waals surface area contributed by atoms with E-state index in [0.717, 1.165) is 34.0 Å². The second-order valence-electron chi connectivity index (χ2n) is 17.8. The molecular weight excluding hydrogens is 1180 g/mol. The molecule has 7 aromatic heterocycles. The standard InChI is InChI=1S/C52H49N13O11S6/c1-24-39-46(73)65-52-64-41(33(82-52)19-74-4)45(72)54-18-37(69)62-42(43(76-25(2)66)26-11-7-6-8-12-26)51-59-32(22-79-51)49-57-30(20-78-49)40-27(47-58-31(21-77-47)44(71)56-29(17-36(68)53-3)50(63-39)81-24)15-16-28(55-40)48-61-34(23-80-48)60-35(67)13-9-10-14-38(70)75-5/h6-8,11-12,15-16,20-23,29,42-43H,9-10,13-14,17-19H2,1-5H3,(H,53,68)(H,54,72)(H,56,71)(H,60,67)(H,62,69)(H,64,65,73)/t29-,42?,43-/m0/s1. The second kappa shape index (κ2) is 26.6. The highest BCUT2D eigenvalue weighted by Gasteiger charge is 2.34. The molecule has 0 saturated carbocycles. The number of carbonyl (C=O) groups is 8. The van der Waals surface area contributed by atoms with E-state index in [1.807, 2.05) is 0 Å². The van der Waals surface area contributed by atoms with Crippen LogP contribution in [0.3, 0.4) is 0 Å². The molecule has 0 radical (unpaired) electrons. The molecule has 6 amide bonds. The van der Waals surface area contributed by atoms with Crippen LogP contribution >= 0.6 is 68.0 Å². The van der Waals surface area contributed by atoms with Crippen LogP contribution in [0.15, 0.2) is 64.0 Å². The lowest BCUT2D eigenvalue weighted by atomic mass is 10.0. The number of esters is 2. The summed E-state index contributed by atoms with van der Waals surface area (Å²) in [4.78, 5) is 140. The van der Waals surface area contributed by atoms with Gasteiger partial charge in [0.15, 0.2) is 11.2 Å². The number of pyridine rings is 1. The largest absolute Gasteiger partial charge is 0.469 e. The van der Waals surface area contributed by atoms with Gasteiger partial charge in [0.1, 0.15) is 71.1 Å². The molecule has 8 aromatic rings. The lowest BCUT2D eigenvalue weighted by molar-refractivity contribution is -0.149. The summed E-state index contributed by atoms with van der Waals surface area (Å²) in [7, 11) is 4.19. The van der Waals surface area contributed by atoms with Crippen LogP contribution in [0.1, 0.15) is 114 Å². The Kier molecular flexibility index (Phi) is 19.0. The van der Waals surface area contributed by atoms with Crippen molar-refractivity contribution in [1.29, 1.82) is 0 Å². The zero-order valence-corrected chi connectivity index (χ0v) is 49.0. The highest BCUT2D eigenvalue weighted by Crippen LogP contribution is 2.40. The van der Waals surface area contributed by atoms with Crippen molar-refractivity contribution >= 4 is 126 Å². The van der Waals surface area contributed by atoms with E-state index in [-0.39, 0.29) is 65.0 Å². The first-order valence-corrected chi connectivity index (χ1v) is 30.0. The van der Waals surface area contributed by atoms with E-state index in [0.29, 0.717) is 82.3 Å². The lowest BCUT2D eigenvalue weighted by Crippen LogP contribution is -2.41. The minimum atomic E-state index is -1.08. The highest BCUT2D eigenvalue weighted by atomic mass is 32.1. The maximum absolute atomic E-state index is 14.2. The van der Waals surface area contributed by atoms with Gasteiger partial charge in [-0.25, -0.2) is 34.9 Å². The smallest absolute Gasteiger partial charge is 0.305 e. The molecule has 0 aliphatic carbocycles. The number of unbranched alkanes of at least 4 members (excludes halogenated alkanes) is 1. The number of aromatic nitrogens is 7. The highest BCUT2D eigenvalue weighted by molar-refractivity contribution is 7.16. The van der Waals surface area contributed by atoms with Crippen molar-refractivity contribution in [3.05, 3.63) is 106 Å². The van der Waals surface area contributed by atoms with Crippen molar-refractivity contribution in [3.63, 3.8) is 0 Å². The predicted molar refractivity (Wildman–Crippen MR) is 308 cm³/mol. The Balaban J connectivity index is 1.11. The Labute approximate surface area is 491 Å². The van der Waals surface area contributed by atoms with E-state index < -0.39 is 60.2 Å². The zero-order chi connectivity index (χ0) is 58.0. The predicted octanol–water partition coefficient (Wildman–Crippen LogP) is 7.68. The van der Waals surface area contributed by atoms with Crippen molar-refractivity contribution in [2.75, 3.05) is 38.4 Å². The number of benzene rings is 1. The average Bonchev–Trinajstić information content (AvgIpc) is 4.35. The van der Waals surface area contributed by atoms with Crippen molar-refractivity contribution in [2.45, 2.75) is 70.7 Å². The number of hydrogen-bond donors (Lipinski definition) is 6. The van der Waals surface area contributed by atoms with Crippen molar-refractivity contribution < 1.29 is 52.6 Å². The van der Waals surface area contributed by atoms with Crippen LogP contribution < -0.4 is 31.9 Å². The van der Waals surface area contributed by atoms with Gasteiger partial charge in [-0.1, -0.05) is 41.7 Å². The van der Waals surface area contributed by atoms with Gasteiger partial charge in [-0.3, -0.25) is 43.7 Å². The molecule has 424 valence electrons. The summed E-state index contributed by atoms with van der Waals surface area (Å²) in [5.74, 6) is -4.11. The van der Waals surface area contributed by atoms with E-state index in [1.165, 1.54) is 62.2 Å². The lowest BCUT2D eigenvalue weighted by Gasteiger charge is -2.26. The third kappa shape index (κ3) is 14.1. The third-order valence-corrected chi connectivity index (χ3v) is 17.6. The molecule has 1 aliphatic heterocycles. The molecule has 0 spiro atoms. The average molecular weight is 1220 g/mol. The van der Waals surface area contributed by atoms with Crippen LogP contribution in [0.5, 0.6) is 0 Å². The Morgan fingerprint density at radius 3 is 2.20 bits per heavy atom. The number of thiazole rings is 6. The zero-order valence-electron chi connectivity index (χ0n) is 44.1. The van der Waals surface area contributed by atoms with Gasteiger partial charge < -0.3 is 40.8 Å². The topological polar surface area (TPSA) is 327 Å². The van der Waals surface area contributed by atoms with Crippen LogP contribution in [-0.2, 0) is 44.8 Å². The molecule has 6 N–H and O–H groups in total. The first-order valence-electron chi connectivity index (χ1n) is 24.9. The van der Waals surface area contributed by atoms with E-state index in [2.05, 4.69) is 51.6 Å². The molecule has 30 heteroatoms. The van der Waals surface area contributed by atoms with Crippen LogP contribution in [0.2, 0.25) is 0 Å². The summed E-state index contributed by atoms with van der Waals surface area (Å²) in [6.45, 7) is 2.28. The second-order valence-corrected chi connectivity index (χ2v) is 23.6. The molecule has 24 nitrogen and oxygen atoms in total. The van der Waals surface area contributed by atoms with E-state index in [9.17, 15) is 38.4 Å². The van der Waals surface area contributed by atoms with Gasteiger partial charge >= 0.3 is 11.9 Å². The van der Waals surface area contributed by atoms with Crippen LogP contribution in [-0.4, -0.2) is 110 Å². The normalized spacial score (nSPS) is 15.1. The molecule has 3 atom stereocenters. The van der Waals surface area contributed by atoms with Gasteiger partial charge in [-0.05, 0) is 37.5 Å². The van der Waals surface area contributed by atoms with Crippen LogP contribution in [0.4, 0.5) is 10.9 Å². The van der Waals surface area contributed by atoms with E-state index in [1.54, 1.807) is 70.9 Å². The number of nitrogens with zero attached hydrogens (tertiary/aromatic N) is 7. The minimum Gasteiger partial charge on any atom is -0.469 e. The Bertz CT molecular complexity index is 3700. The van der Waals surface area contributed by atoms with Gasteiger partial charge in [0.05, 0.1) is 43.3 Å². The number of hydrogen-bond acceptors (Lipinski definition) is 24. The maximum atomic E-state index is 14.2. The van der Waals surface area contributed by atoms with Gasteiger partial charge in [0.25, 0.3) is 17.7 Å². The summed E-state index contributed by atoms with van der Waals surface area (Å²) in [5, 5.41) is 25.2. The Morgan fingerprint density at radius 2 is 1.43 bits per heavy atom. The number of aryl methyl sites for hydroxylation is 1. The molecule has 1 unspecified atom stereocenters. The number of amides is 6. The first kappa shape index (κ1) is 58.5. The molecule has 82 heavy (non-hydrogen) atoms. The molecule has 1 aromatic carbocycles. The van der Waals surface area contributed by atoms with Gasteiger partial charge in [0.2, 0.25) is 17.7 Å². The van der Waals surface area contributed by atoms with Crippen LogP contribution in [0.25, 0.3) is 43.4 Å². The number of carbonyl (C=O) groups excluding carboxylic acids is 8. The van der Waals surface area contributed by atoms with Gasteiger partial charge in [-0.2, -0.15) is 0 Å². The summed E-state index contributed by atoms with van der Waals surface area (Å²) in [6.07, 6.45) is 0.00416. The summed E-state index contributed by atoms with van der Waals surface area (Å²) >= 11 is 6.91. The maximum Gasteiger partial charge on any atom is 0.305 e. The molecule has 0 saturated heterocycles. The monoisotopic (exact) mass is 1220 g/mol. The molecule has 1 aliphatic rings. The Morgan fingerprint density at radius 1 is 0.695 bits per heavy atom. The number of anilines is 2. The van der Waals surface area contributed by atoms with Crippen LogP contribution in [0, 0.1) is 6.92 Å². The molecular formula is C52H49N13O11S6. The summed E-state index contributed by atoms with van der Waals surface area (Å²) < 4.78 is 15.9. The fraction of sp³-hybridized carbons (Fsp3) is 0.288. The molecule has 9 rings (SSSR count). The van der Waals surface area contributed by atoms with E-state index >= 15 is 0 Å². The minimum absolute atomic E-state index is 0.00980. The van der Waals surface area contributed by atoms with Crippen molar-refractivity contribution in [1.82, 2.24) is 56.2 Å². The van der Waals surface area contributed by atoms with Crippen molar-refractivity contribution in [2.24, 2.45) is 0 Å². The third-order valence-electron chi connectivity index (χ3n) is 12.0. The van der Waals surface area contributed by atoms with E-state index in [4.69, 9.17) is 29.4 Å². The Hall–Kier alpha value is -8.13. The first-order chi connectivity index (χ1) is 39.6. The molecule has 8 heterocycles. The molecule has 0 fully saturated rings. The summed E-state index contributed by atoms with van der Waals surface area (Å²) in [5.41, 5.74) is 2.50. The number of methoxy groups -OCH3 is 2.